The number of rotatable bonds is 2. The summed E-state index contributed by atoms with van der Waals surface area (Å²) in [7, 11) is 0. The summed E-state index contributed by atoms with van der Waals surface area (Å²) in [5.74, 6) is -0.0694. The van der Waals surface area contributed by atoms with Crippen molar-refractivity contribution < 1.29 is 9.59 Å². The molecule has 0 atom stereocenters. The predicted molar refractivity (Wildman–Crippen MR) is 64.5 cm³/mol. The van der Waals surface area contributed by atoms with Gasteiger partial charge in [-0.2, -0.15) is 0 Å². The fourth-order valence-electron chi connectivity index (χ4n) is 1.37. The highest BCUT2D eigenvalue weighted by Crippen LogP contribution is 2.22. The summed E-state index contributed by atoms with van der Waals surface area (Å²) in [5, 5.41) is 2.66. The molecule has 0 radical (unpaired) electrons. The van der Waals surface area contributed by atoms with Gasteiger partial charge in [-0.05, 0) is 12.1 Å². The van der Waals surface area contributed by atoms with Crippen LogP contribution in [0.25, 0.3) is 0 Å². The first kappa shape index (κ1) is 12.4. The third-order valence-corrected chi connectivity index (χ3v) is 2.13. The van der Waals surface area contributed by atoms with Crippen molar-refractivity contribution in [3.8, 4) is 0 Å². The van der Waals surface area contributed by atoms with Gasteiger partial charge in [0.15, 0.2) is 5.78 Å². The number of carbonyl (C=O) groups excluding carboxylic acids is 2. The molecule has 3 nitrogen and oxygen atoms in total. The van der Waals surface area contributed by atoms with E-state index in [-0.39, 0.29) is 11.7 Å². The van der Waals surface area contributed by atoms with Gasteiger partial charge in [-0.15, -0.1) is 0 Å². The van der Waals surface area contributed by atoms with Crippen molar-refractivity contribution in [1.29, 1.82) is 0 Å². The van der Waals surface area contributed by atoms with Gasteiger partial charge in [-0.25, -0.2) is 0 Å². The van der Waals surface area contributed by atoms with Gasteiger partial charge in [-0.3, -0.25) is 9.59 Å². The average Bonchev–Trinajstić information content (AvgIpc) is 2.14. The molecule has 0 saturated carbocycles. The van der Waals surface area contributed by atoms with E-state index >= 15 is 0 Å². The summed E-state index contributed by atoms with van der Waals surface area (Å²) in [6.45, 7) is 7.07. The van der Waals surface area contributed by atoms with Crippen molar-refractivity contribution in [3.63, 3.8) is 0 Å². The Hall–Kier alpha value is -1.64. The number of hydrogen-bond acceptors (Lipinski definition) is 2. The van der Waals surface area contributed by atoms with Crippen molar-refractivity contribution in [3.05, 3.63) is 29.8 Å². The van der Waals surface area contributed by atoms with Crippen molar-refractivity contribution in [2.75, 3.05) is 5.32 Å². The third-order valence-electron chi connectivity index (χ3n) is 2.13. The zero-order valence-electron chi connectivity index (χ0n) is 10.1. The van der Waals surface area contributed by atoms with Crippen LogP contribution in [-0.4, -0.2) is 11.7 Å². The molecule has 0 aliphatic rings. The largest absolute Gasteiger partial charge is 0.326 e. The summed E-state index contributed by atoms with van der Waals surface area (Å²) < 4.78 is 0. The van der Waals surface area contributed by atoms with E-state index in [9.17, 15) is 9.59 Å². The molecule has 16 heavy (non-hydrogen) atoms. The number of carbonyl (C=O) groups is 2. The van der Waals surface area contributed by atoms with Crippen LogP contribution in [0.1, 0.15) is 38.1 Å². The first-order chi connectivity index (χ1) is 7.30. The first-order valence-electron chi connectivity index (χ1n) is 5.23. The lowest BCUT2D eigenvalue weighted by Crippen LogP contribution is -2.20. The van der Waals surface area contributed by atoms with Crippen LogP contribution in [0.3, 0.4) is 0 Å². The highest BCUT2D eigenvalue weighted by molar-refractivity contribution is 6.01. The zero-order valence-corrected chi connectivity index (χ0v) is 10.1. The molecule has 1 amide bonds. The van der Waals surface area contributed by atoms with Crippen LogP contribution >= 0.6 is 0 Å². The molecule has 0 unspecified atom stereocenters. The highest BCUT2D eigenvalue weighted by Gasteiger charge is 2.22. The van der Waals surface area contributed by atoms with Gasteiger partial charge >= 0.3 is 0 Å². The fraction of sp³-hybridized carbons (Fsp3) is 0.385. The van der Waals surface area contributed by atoms with Crippen molar-refractivity contribution >= 4 is 17.4 Å². The van der Waals surface area contributed by atoms with E-state index < -0.39 is 5.41 Å². The zero-order chi connectivity index (χ0) is 12.3. The lowest BCUT2D eigenvalue weighted by Gasteiger charge is -2.17. The van der Waals surface area contributed by atoms with Crippen LogP contribution in [0.2, 0.25) is 0 Å². The second-order valence-electron chi connectivity index (χ2n) is 4.84. The van der Waals surface area contributed by atoms with E-state index in [0.717, 1.165) is 0 Å². The van der Waals surface area contributed by atoms with Crippen molar-refractivity contribution in [2.45, 2.75) is 27.7 Å². The topological polar surface area (TPSA) is 46.2 Å². The Kier molecular flexibility index (Phi) is 3.48. The maximum atomic E-state index is 12.0. The number of nitrogens with one attached hydrogen (secondary N) is 1. The standard InChI is InChI=1S/C13H17NO2/c1-9(15)14-11-7-5-6-10(8-11)12(16)13(2,3)4/h5-8H,1-4H3,(H,14,15). The molecular weight excluding hydrogens is 202 g/mol. The Balaban J connectivity index is 2.99. The normalized spacial score (nSPS) is 11.0. The number of hydrogen-bond donors (Lipinski definition) is 1. The molecule has 0 aliphatic heterocycles. The minimum Gasteiger partial charge on any atom is -0.326 e. The second kappa shape index (κ2) is 4.47. The van der Waals surface area contributed by atoms with Crippen LogP contribution in [-0.2, 0) is 4.79 Å². The lowest BCUT2D eigenvalue weighted by molar-refractivity contribution is -0.114. The van der Waals surface area contributed by atoms with Crippen LogP contribution in [0.15, 0.2) is 24.3 Å². The molecule has 86 valence electrons. The number of ketones is 1. The highest BCUT2D eigenvalue weighted by atomic mass is 16.1. The lowest BCUT2D eigenvalue weighted by atomic mass is 9.86. The maximum Gasteiger partial charge on any atom is 0.221 e. The molecular formula is C13H17NO2. The van der Waals surface area contributed by atoms with E-state index in [0.29, 0.717) is 11.3 Å². The fourth-order valence-corrected chi connectivity index (χ4v) is 1.37. The number of anilines is 1. The van der Waals surface area contributed by atoms with Gasteiger partial charge in [0.1, 0.15) is 0 Å². The van der Waals surface area contributed by atoms with Crippen LogP contribution in [0.4, 0.5) is 5.69 Å². The quantitative estimate of drug-likeness (QED) is 0.777. The van der Waals surface area contributed by atoms with Crippen molar-refractivity contribution in [2.24, 2.45) is 5.41 Å². The average molecular weight is 219 g/mol. The van der Waals surface area contributed by atoms with Gasteiger partial charge < -0.3 is 5.32 Å². The Morgan fingerprint density at radius 1 is 1.19 bits per heavy atom. The number of amides is 1. The Morgan fingerprint density at radius 2 is 1.81 bits per heavy atom. The van der Waals surface area contributed by atoms with E-state index in [2.05, 4.69) is 5.32 Å². The van der Waals surface area contributed by atoms with Gasteiger partial charge in [-0.1, -0.05) is 32.9 Å². The van der Waals surface area contributed by atoms with Gasteiger partial charge in [0.2, 0.25) is 5.91 Å². The maximum absolute atomic E-state index is 12.0. The Labute approximate surface area is 95.9 Å². The molecule has 1 N–H and O–H groups in total. The van der Waals surface area contributed by atoms with Gasteiger partial charge in [0.25, 0.3) is 0 Å². The molecule has 0 aliphatic carbocycles. The van der Waals surface area contributed by atoms with Gasteiger partial charge in [0.05, 0.1) is 0 Å². The van der Waals surface area contributed by atoms with E-state index in [1.54, 1.807) is 24.3 Å². The predicted octanol–water partition coefficient (Wildman–Crippen LogP) is 2.87. The molecule has 0 aromatic heterocycles. The summed E-state index contributed by atoms with van der Waals surface area (Å²) in [5.41, 5.74) is 0.871. The number of benzene rings is 1. The molecule has 1 rings (SSSR count). The third kappa shape index (κ3) is 3.19. The molecule has 0 bridgehead atoms. The molecule has 3 heteroatoms. The monoisotopic (exact) mass is 219 g/mol. The molecule has 1 aromatic rings. The molecule has 0 spiro atoms. The SMILES string of the molecule is CC(=O)Nc1cccc(C(=O)C(C)(C)C)c1. The summed E-state index contributed by atoms with van der Waals surface area (Å²) in [4.78, 5) is 22.9. The summed E-state index contributed by atoms with van der Waals surface area (Å²) >= 11 is 0. The molecule has 0 fully saturated rings. The molecule has 0 saturated heterocycles. The van der Waals surface area contributed by atoms with Crippen LogP contribution in [0, 0.1) is 5.41 Å². The second-order valence-corrected chi connectivity index (χ2v) is 4.84. The molecule has 1 aromatic carbocycles. The summed E-state index contributed by atoms with van der Waals surface area (Å²) in [6, 6.07) is 7.00. The Morgan fingerprint density at radius 3 is 2.31 bits per heavy atom. The van der Waals surface area contributed by atoms with Crippen LogP contribution in [0.5, 0.6) is 0 Å². The smallest absolute Gasteiger partial charge is 0.221 e. The first-order valence-corrected chi connectivity index (χ1v) is 5.23. The minimum absolute atomic E-state index is 0.0692. The van der Waals surface area contributed by atoms with Gasteiger partial charge in [0, 0.05) is 23.6 Å². The molecule has 0 heterocycles. The van der Waals surface area contributed by atoms with E-state index in [1.807, 2.05) is 20.8 Å². The minimum atomic E-state index is -0.408. The van der Waals surface area contributed by atoms with Crippen molar-refractivity contribution in [1.82, 2.24) is 0 Å². The van der Waals surface area contributed by atoms with Crippen LogP contribution < -0.4 is 5.32 Å². The van der Waals surface area contributed by atoms with E-state index in [1.165, 1.54) is 6.92 Å². The Bertz CT molecular complexity index is 416. The summed E-state index contributed by atoms with van der Waals surface area (Å²) in [6.07, 6.45) is 0. The number of Topliss-reactive ketones (excluding diaryl/α,β-unsaturated/α-hetero) is 1. The van der Waals surface area contributed by atoms with E-state index in [4.69, 9.17) is 0 Å².